The topological polar surface area (TPSA) is 49.9 Å². The van der Waals surface area contributed by atoms with Crippen molar-refractivity contribution >= 4 is 11.9 Å². The SMILES string of the molecule is CC(C)OC(=O)CN(C)CC(=O)N1CCCC1. The summed E-state index contributed by atoms with van der Waals surface area (Å²) in [5, 5.41) is 0. The molecule has 1 saturated heterocycles. The van der Waals surface area contributed by atoms with E-state index >= 15 is 0 Å². The van der Waals surface area contributed by atoms with Crippen LogP contribution in [0.15, 0.2) is 0 Å². The second kappa shape index (κ2) is 6.59. The van der Waals surface area contributed by atoms with Gasteiger partial charge in [-0.05, 0) is 33.7 Å². The van der Waals surface area contributed by atoms with Crippen molar-refractivity contribution in [2.24, 2.45) is 0 Å². The van der Waals surface area contributed by atoms with Crippen molar-refractivity contribution in [1.82, 2.24) is 9.80 Å². The van der Waals surface area contributed by atoms with Crippen molar-refractivity contribution in [3.8, 4) is 0 Å². The van der Waals surface area contributed by atoms with Gasteiger partial charge < -0.3 is 9.64 Å². The number of carbonyl (C=O) groups excluding carboxylic acids is 2. The van der Waals surface area contributed by atoms with Crippen molar-refractivity contribution in [1.29, 1.82) is 0 Å². The minimum Gasteiger partial charge on any atom is -0.462 e. The van der Waals surface area contributed by atoms with Crippen molar-refractivity contribution in [2.45, 2.75) is 32.8 Å². The Labute approximate surface area is 103 Å². The molecule has 0 atom stereocenters. The van der Waals surface area contributed by atoms with Gasteiger partial charge in [-0.25, -0.2) is 0 Å². The first kappa shape index (κ1) is 14.0. The molecule has 98 valence electrons. The number of rotatable bonds is 5. The monoisotopic (exact) mass is 242 g/mol. The molecule has 0 spiro atoms. The molecule has 1 rings (SSSR count). The van der Waals surface area contributed by atoms with Gasteiger partial charge in [-0.3, -0.25) is 14.5 Å². The van der Waals surface area contributed by atoms with E-state index < -0.39 is 0 Å². The van der Waals surface area contributed by atoms with Gasteiger partial charge in [0.2, 0.25) is 5.91 Å². The molecule has 0 N–H and O–H groups in total. The summed E-state index contributed by atoms with van der Waals surface area (Å²) in [7, 11) is 1.76. The highest BCUT2D eigenvalue weighted by molar-refractivity contribution is 5.79. The highest BCUT2D eigenvalue weighted by Crippen LogP contribution is 2.07. The highest BCUT2D eigenvalue weighted by Gasteiger charge is 2.20. The number of carbonyl (C=O) groups is 2. The minimum absolute atomic E-state index is 0.0994. The summed E-state index contributed by atoms with van der Waals surface area (Å²) in [6, 6.07) is 0. The van der Waals surface area contributed by atoms with E-state index in [1.54, 1.807) is 11.9 Å². The van der Waals surface area contributed by atoms with Gasteiger partial charge in [0.05, 0.1) is 19.2 Å². The van der Waals surface area contributed by atoms with Gasteiger partial charge in [0, 0.05) is 13.1 Å². The molecule has 1 heterocycles. The van der Waals surface area contributed by atoms with E-state index in [2.05, 4.69) is 0 Å². The molecule has 0 unspecified atom stereocenters. The van der Waals surface area contributed by atoms with Gasteiger partial charge in [-0.1, -0.05) is 0 Å². The second-order valence-corrected chi connectivity index (χ2v) is 4.80. The Morgan fingerprint density at radius 2 is 1.82 bits per heavy atom. The Hall–Kier alpha value is -1.10. The van der Waals surface area contributed by atoms with E-state index in [1.807, 2.05) is 18.7 Å². The van der Waals surface area contributed by atoms with Crippen molar-refractivity contribution in [2.75, 3.05) is 33.2 Å². The molecule has 5 heteroatoms. The normalized spacial score (nSPS) is 15.7. The van der Waals surface area contributed by atoms with Crippen LogP contribution in [0.1, 0.15) is 26.7 Å². The third kappa shape index (κ3) is 5.17. The molecule has 0 aromatic rings. The average molecular weight is 242 g/mol. The quantitative estimate of drug-likeness (QED) is 0.658. The molecule has 0 aromatic heterocycles. The van der Waals surface area contributed by atoms with E-state index in [4.69, 9.17) is 4.74 Å². The molecule has 5 nitrogen and oxygen atoms in total. The Kier molecular flexibility index (Phi) is 5.41. The number of likely N-dealkylation sites (N-methyl/N-ethyl adjacent to an activating group) is 1. The number of ether oxygens (including phenoxy) is 1. The van der Waals surface area contributed by atoms with Crippen molar-refractivity contribution < 1.29 is 14.3 Å². The summed E-state index contributed by atoms with van der Waals surface area (Å²) in [5.41, 5.74) is 0. The van der Waals surface area contributed by atoms with E-state index in [-0.39, 0.29) is 31.1 Å². The molecular weight excluding hydrogens is 220 g/mol. The molecule has 17 heavy (non-hydrogen) atoms. The van der Waals surface area contributed by atoms with Crippen LogP contribution in [-0.2, 0) is 14.3 Å². The van der Waals surface area contributed by atoms with Crippen LogP contribution in [0, 0.1) is 0 Å². The zero-order chi connectivity index (χ0) is 12.8. The number of hydrogen-bond donors (Lipinski definition) is 0. The number of likely N-dealkylation sites (tertiary alicyclic amines) is 1. The third-order valence-corrected chi connectivity index (χ3v) is 2.63. The van der Waals surface area contributed by atoms with Crippen molar-refractivity contribution in [3.05, 3.63) is 0 Å². The fourth-order valence-electron chi connectivity index (χ4n) is 1.87. The maximum atomic E-state index is 11.8. The van der Waals surface area contributed by atoms with E-state index in [9.17, 15) is 9.59 Å². The summed E-state index contributed by atoms with van der Waals surface area (Å²) in [6.07, 6.45) is 2.07. The lowest BCUT2D eigenvalue weighted by molar-refractivity contribution is -0.148. The first-order chi connectivity index (χ1) is 7.99. The molecule has 0 radical (unpaired) electrons. The fraction of sp³-hybridized carbons (Fsp3) is 0.833. The smallest absolute Gasteiger partial charge is 0.320 e. The molecule has 1 aliphatic rings. The molecule has 0 aliphatic carbocycles. The Morgan fingerprint density at radius 1 is 1.24 bits per heavy atom. The predicted molar refractivity (Wildman–Crippen MR) is 64.5 cm³/mol. The highest BCUT2D eigenvalue weighted by atomic mass is 16.5. The second-order valence-electron chi connectivity index (χ2n) is 4.80. The Bertz CT molecular complexity index is 273. The van der Waals surface area contributed by atoms with Crippen LogP contribution in [0.5, 0.6) is 0 Å². The number of hydrogen-bond acceptors (Lipinski definition) is 4. The zero-order valence-corrected chi connectivity index (χ0v) is 10.9. The van der Waals surface area contributed by atoms with Crippen LogP contribution < -0.4 is 0 Å². The number of nitrogens with zero attached hydrogens (tertiary/aromatic N) is 2. The summed E-state index contributed by atoms with van der Waals surface area (Å²) < 4.78 is 5.02. The van der Waals surface area contributed by atoms with Gasteiger partial charge in [-0.2, -0.15) is 0 Å². The van der Waals surface area contributed by atoms with Crippen LogP contribution in [0.2, 0.25) is 0 Å². The Balaban J connectivity index is 2.26. The maximum absolute atomic E-state index is 11.8. The van der Waals surface area contributed by atoms with Crippen molar-refractivity contribution in [3.63, 3.8) is 0 Å². The molecule has 0 bridgehead atoms. The van der Waals surface area contributed by atoms with Crippen LogP contribution >= 0.6 is 0 Å². The predicted octanol–water partition coefficient (Wildman–Crippen LogP) is 0.492. The summed E-state index contributed by atoms with van der Waals surface area (Å²) >= 11 is 0. The Morgan fingerprint density at radius 3 is 2.35 bits per heavy atom. The molecule has 0 aromatic carbocycles. The maximum Gasteiger partial charge on any atom is 0.320 e. The number of esters is 1. The first-order valence-corrected chi connectivity index (χ1v) is 6.15. The zero-order valence-electron chi connectivity index (χ0n) is 10.9. The third-order valence-electron chi connectivity index (χ3n) is 2.63. The van der Waals surface area contributed by atoms with Gasteiger partial charge in [0.15, 0.2) is 0 Å². The molecule has 0 saturated carbocycles. The van der Waals surface area contributed by atoms with Gasteiger partial charge >= 0.3 is 5.97 Å². The lowest BCUT2D eigenvalue weighted by Gasteiger charge is -2.20. The first-order valence-electron chi connectivity index (χ1n) is 6.15. The van der Waals surface area contributed by atoms with Gasteiger partial charge in [0.1, 0.15) is 0 Å². The van der Waals surface area contributed by atoms with E-state index in [1.165, 1.54) is 0 Å². The van der Waals surface area contributed by atoms with Crippen LogP contribution in [0.4, 0.5) is 0 Å². The molecule has 1 fully saturated rings. The van der Waals surface area contributed by atoms with Crippen LogP contribution in [0.3, 0.4) is 0 Å². The van der Waals surface area contributed by atoms with Crippen LogP contribution in [-0.4, -0.2) is 61.0 Å². The van der Waals surface area contributed by atoms with E-state index in [0.717, 1.165) is 25.9 Å². The summed E-state index contributed by atoms with van der Waals surface area (Å²) in [6.45, 7) is 5.78. The summed E-state index contributed by atoms with van der Waals surface area (Å²) in [4.78, 5) is 26.7. The molecular formula is C12H22N2O3. The summed E-state index contributed by atoms with van der Waals surface area (Å²) in [5.74, 6) is -0.181. The lowest BCUT2D eigenvalue weighted by atomic mass is 10.4. The minimum atomic E-state index is -0.281. The average Bonchev–Trinajstić information content (AvgIpc) is 2.67. The number of amides is 1. The molecule has 1 amide bonds. The van der Waals surface area contributed by atoms with Gasteiger partial charge in [0.25, 0.3) is 0 Å². The standard InChI is InChI=1S/C12H22N2O3/c1-10(2)17-12(16)9-13(3)8-11(15)14-6-4-5-7-14/h10H,4-9H2,1-3H3. The van der Waals surface area contributed by atoms with E-state index in [0.29, 0.717) is 0 Å². The molecule has 1 aliphatic heterocycles. The largest absolute Gasteiger partial charge is 0.462 e. The fourth-order valence-corrected chi connectivity index (χ4v) is 1.87. The lowest BCUT2D eigenvalue weighted by Crippen LogP contribution is -2.39. The van der Waals surface area contributed by atoms with Crippen LogP contribution in [0.25, 0.3) is 0 Å². The van der Waals surface area contributed by atoms with Gasteiger partial charge in [-0.15, -0.1) is 0 Å².